The number of rotatable bonds is 3. The minimum atomic E-state index is -0.355. The van der Waals surface area contributed by atoms with E-state index >= 15 is 0 Å². The maximum atomic E-state index is 12.1. The van der Waals surface area contributed by atoms with Gasteiger partial charge >= 0.3 is 0 Å². The molecule has 0 saturated carbocycles. The van der Waals surface area contributed by atoms with Gasteiger partial charge in [0, 0.05) is 29.7 Å². The number of carbonyl (C=O) groups is 1. The largest absolute Gasteiger partial charge is 0.289 e. The second-order valence-corrected chi connectivity index (χ2v) is 4.96. The van der Waals surface area contributed by atoms with Crippen LogP contribution in [0, 0.1) is 6.92 Å². The zero-order valence-corrected chi connectivity index (χ0v) is 11.8. The third kappa shape index (κ3) is 3.06. The maximum absolute atomic E-state index is 12.1. The van der Waals surface area contributed by atoms with Crippen LogP contribution in [0.1, 0.15) is 16.2 Å². The highest BCUT2D eigenvalue weighted by Crippen LogP contribution is 2.21. The lowest BCUT2D eigenvalue weighted by Gasteiger charge is -2.01. The molecule has 21 heavy (non-hydrogen) atoms. The molecule has 0 aliphatic carbocycles. The van der Waals surface area contributed by atoms with Gasteiger partial charge < -0.3 is 0 Å². The first-order valence-electron chi connectivity index (χ1n) is 6.05. The first-order chi connectivity index (χ1) is 10.2. The molecular weight excluding hydrogens is 288 g/mol. The van der Waals surface area contributed by atoms with Gasteiger partial charge in [-0.3, -0.25) is 20.1 Å². The van der Waals surface area contributed by atoms with Crippen LogP contribution in [0.4, 0.5) is 5.95 Å². The summed E-state index contributed by atoms with van der Waals surface area (Å²) in [6, 6.07) is 1.75. The van der Waals surface area contributed by atoms with Crippen molar-refractivity contribution in [1.82, 2.24) is 24.9 Å². The predicted octanol–water partition coefficient (Wildman–Crippen LogP) is 1.95. The summed E-state index contributed by atoms with van der Waals surface area (Å²) >= 11 is 1.33. The number of aromatic nitrogens is 5. The standard InChI is InChI=1S/C13H10N6OS/c1-8-2-3-16-13(17-8)19-11(20)10-7-21-12(18-10)9-6-14-4-5-15-9/h2-7H,1H3,(H,16,17,19,20). The molecule has 0 spiro atoms. The normalized spacial score (nSPS) is 10.3. The van der Waals surface area contributed by atoms with Crippen molar-refractivity contribution in [3.05, 3.63) is 47.6 Å². The van der Waals surface area contributed by atoms with Crippen LogP contribution in [-0.2, 0) is 0 Å². The van der Waals surface area contributed by atoms with Crippen LogP contribution in [0.15, 0.2) is 36.2 Å². The Morgan fingerprint density at radius 2 is 2.10 bits per heavy atom. The van der Waals surface area contributed by atoms with E-state index in [0.717, 1.165) is 5.69 Å². The van der Waals surface area contributed by atoms with Crippen LogP contribution in [-0.4, -0.2) is 30.8 Å². The topological polar surface area (TPSA) is 93.6 Å². The van der Waals surface area contributed by atoms with Gasteiger partial charge in [0.1, 0.15) is 16.4 Å². The number of amides is 1. The molecule has 3 heterocycles. The smallest absolute Gasteiger partial charge is 0.277 e. The Morgan fingerprint density at radius 1 is 1.19 bits per heavy atom. The fourth-order valence-corrected chi connectivity index (χ4v) is 2.34. The van der Waals surface area contributed by atoms with E-state index < -0.39 is 0 Å². The third-order valence-corrected chi connectivity index (χ3v) is 3.40. The maximum Gasteiger partial charge on any atom is 0.277 e. The Morgan fingerprint density at radius 3 is 2.86 bits per heavy atom. The minimum absolute atomic E-state index is 0.258. The molecule has 3 aromatic heterocycles. The van der Waals surface area contributed by atoms with Crippen LogP contribution in [0.3, 0.4) is 0 Å². The molecule has 0 unspecified atom stereocenters. The third-order valence-electron chi connectivity index (χ3n) is 2.54. The molecule has 0 aliphatic heterocycles. The Labute approximate surface area is 124 Å². The molecule has 0 radical (unpaired) electrons. The van der Waals surface area contributed by atoms with Crippen LogP contribution in [0.25, 0.3) is 10.7 Å². The molecule has 104 valence electrons. The van der Waals surface area contributed by atoms with E-state index in [2.05, 4.69) is 30.2 Å². The highest BCUT2D eigenvalue weighted by atomic mass is 32.1. The number of hydrogen-bond donors (Lipinski definition) is 1. The molecule has 0 saturated heterocycles. The van der Waals surface area contributed by atoms with Crippen LogP contribution in [0.5, 0.6) is 0 Å². The van der Waals surface area contributed by atoms with E-state index in [1.807, 2.05) is 6.92 Å². The summed E-state index contributed by atoms with van der Waals surface area (Å²) in [5.41, 5.74) is 1.71. The van der Waals surface area contributed by atoms with Crippen molar-refractivity contribution in [1.29, 1.82) is 0 Å². The minimum Gasteiger partial charge on any atom is -0.289 e. The Hall–Kier alpha value is -2.74. The highest BCUT2D eigenvalue weighted by molar-refractivity contribution is 7.13. The summed E-state index contributed by atoms with van der Waals surface area (Å²) < 4.78 is 0. The van der Waals surface area contributed by atoms with Crippen molar-refractivity contribution in [3.63, 3.8) is 0 Å². The van der Waals surface area contributed by atoms with Gasteiger partial charge in [-0.25, -0.2) is 15.0 Å². The van der Waals surface area contributed by atoms with E-state index in [-0.39, 0.29) is 11.9 Å². The van der Waals surface area contributed by atoms with Gasteiger partial charge in [-0.15, -0.1) is 11.3 Å². The molecule has 1 amide bonds. The van der Waals surface area contributed by atoms with E-state index in [1.54, 1.807) is 36.2 Å². The lowest BCUT2D eigenvalue weighted by molar-refractivity contribution is 0.102. The summed E-state index contributed by atoms with van der Waals surface area (Å²) in [4.78, 5) is 32.6. The van der Waals surface area contributed by atoms with Gasteiger partial charge in [-0.2, -0.15) is 0 Å². The SMILES string of the molecule is Cc1ccnc(NC(=O)c2csc(-c3cnccn3)n2)n1. The molecule has 7 nitrogen and oxygen atoms in total. The van der Waals surface area contributed by atoms with E-state index in [4.69, 9.17) is 0 Å². The summed E-state index contributed by atoms with van der Waals surface area (Å²) in [5.74, 6) is -0.0963. The number of nitrogens with one attached hydrogen (secondary N) is 1. The second kappa shape index (κ2) is 5.71. The van der Waals surface area contributed by atoms with Gasteiger partial charge in [0.05, 0.1) is 6.20 Å². The van der Waals surface area contributed by atoms with Gasteiger partial charge in [-0.1, -0.05) is 0 Å². The molecule has 0 aromatic carbocycles. The predicted molar refractivity (Wildman–Crippen MR) is 77.9 cm³/mol. The van der Waals surface area contributed by atoms with Crippen LogP contribution in [0.2, 0.25) is 0 Å². The lowest BCUT2D eigenvalue weighted by atomic mass is 10.4. The zero-order valence-electron chi connectivity index (χ0n) is 11.0. The van der Waals surface area contributed by atoms with E-state index in [0.29, 0.717) is 16.4 Å². The first-order valence-corrected chi connectivity index (χ1v) is 6.93. The van der Waals surface area contributed by atoms with Crippen molar-refractivity contribution in [3.8, 4) is 10.7 Å². The van der Waals surface area contributed by atoms with Gasteiger partial charge in [0.25, 0.3) is 5.91 Å². The molecule has 0 aliphatic rings. The number of thiazole rings is 1. The average Bonchev–Trinajstić information content (AvgIpc) is 2.98. The molecule has 3 aromatic rings. The molecule has 0 fully saturated rings. The molecule has 0 atom stereocenters. The lowest BCUT2D eigenvalue weighted by Crippen LogP contribution is -2.14. The first kappa shape index (κ1) is 13.3. The van der Waals surface area contributed by atoms with Gasteiger partial charge in [0.2, 0.25) is 5.95 Å². The number of aryl methyl sites for hydroxylation is 1. The number of nitrogens with zero attached hydrogens (tertiary/aromatic N) is 5. The van der Waals surface area contributed by atoms with Gasteiger partial charge in [0.15, 0.2) is 0 Å². The van der Waals surface area contributed by atoms with Crippen LogP contribution < -0.4 is 5.32 Å². The van der Waals surface area contributed by atoms with Crippen molar-refractivity contribution in [2.45, 2.75) is 6.92 Å². The monoisotopic (exact) mass is 298 g/mol. The summed E-state index contributed by atoms with van der Waals surface area (Å²) in [7, 11) is 0. The fourth-order valence-electron chi connectivity index (χ4n) is 1.58. The van der Waals surface area contributed by atoms with Crippen molar-refractivity contribution < 1.29 is 4.79 Å². The van der Waals surface area contributed by atoms with Crippen molar-refractivity contribution in [2.75, 3.05) is 5.32 Å². The average molecular weight is 298 g/mol. The molecule has 1 N–H and O–H groups in total. The quantitative estimate of drug-likeness (QED) is 0.794. The number of carbonyl (C=O) groups excluding carboxylic acids is 1. The summed E-state index contributed by atoms with van der Waals surface area (Å²) in [5, 5.41) is 4.91. The summed E-state index contributed by atoms with van der Waals surface area (Å²) in [6.07, 6.45) is 6.35. The van der Waals surface area contributed by atoms with Crippen molar-refractivity contribution >= 4 is 23.2 Å². The fraction of sp³-hybridized carbons (Fsp3) is 0.0769. The zero-order chi connectivity index (χ0) is 14.7. The number of hydrogen-bond acceptors (Lipinski definition) is 7. The summed E-state index contributed by atoms with van der Waals surface area (Å²) in [6.45, 7) is 1.83. The molecule has 3 rings (SSSR count). The van der Waals surface area contributed by atoms with E-state index in [1.165, 1.54) is 11.3 Å². The highest BCUT2D eigenvalue weighted by Gasteiger charge is 2.13. The molecule has 8 heteroatoms. The van der Waals surface area contributed by atoms with Crippen LogP contribution >= 0.6 is 11.3 Å². The van der Waals surface area contributed by atoms with E-state index in [9.17, 15) is 4.79 Å². The second-order valence-electron chi connectivity index (χ2n) is 4.10. The molecular formula is C13H10N6OS. The van der Waals surface area contributed by atoms with Crippen molar-refractivity contribution in [2.24, 2.45) is 0 Å². The Bertz CT molecular complexity index is 773. The van der Waals surface area contributed by atoms with Gasteiger partial charge in [-0.05, 0) is 13.0 Å². The molecule has 0 bridgehead atoms. The number of anilines is 1. The Balaban J connectivity index is 1.78. The Kier molecular flexibility index (Phi) is 3.61.